The molecule has 4 nitrogen and oxygen atoms in total. The second-order valence-electron chi connectivity index (χ2n) is 5.54. The molecule has 0 aliphatic carbocycles. The van der Waals surface area contributed by atoms with Crippen LogP contribution in [-0.4, -0.2) is 42.2 Å². The van der Waals surface area contributed by atoms with Crippen LogP contribution in [0.3, 0.4) is 0 Å². The Hall–Kier alpha value is -1.26. The van der Waals surface area contributed by atoms with Crippen molar-refractivity contribution >= 4 is 17.6 Å². The molecule has 1 unspecified atom stereocenters. The zero-order valence-electron chi connectivity index (χ0n) is 12.1. The number of halogens is 1. The highest BCUT2D eigenvalue weighted by molar-refractivity contribution is 6.30. The summed E-state index contributed by atoms with van der Waals surface area (Å²) in [7, 11) is 0. The lowest BCUT2D eigenvalue weighted by Gasteiger charge is -2.16. The van der Waals surface area contributed by atoms with Crippen LogP contribution >= 0.6 is 11.6 Å². The van der Waals surface area contributed by atoms with Gasteiger partial charge in [0.05, 0.1) is 6.61 Å². The summed E-state index contributed by atoms with van der Waals surface area (Å²) in [6, 6.07) is 7.40. The molecule has 1 fully saturated rings. The average Bonchev–Trinajstić information content (AvgIpc) is 2.91. The first-order valence-electron chi connectivity index (χ1n) is 7.46. The number of hydrogen-bond acceptors (Lipinski definition) is 3. The van der Waals surface area contributed by atoms with Crippen LogP contribution < -0.4 is 4.74 Å². The van der Waals surface area contributed by atoms with Crippen molar-refractivity contribution < 1.29 is 14.6 Å². The van der Waals surface area contributed by atoms with Crippen LogP contribution in [0.25, 0.3) is 0 Å². The Bertz CT molecular complexity index is 449. The number of rotatable bonds is 8. The molecule has 1 saturated heterocycles. The summed E-state index contributed by atoms with van der Waals surface area (Å²) in [5, 5.41) is 9.41. The Morgan fingerprint density at radius 2 is 2.14 bits per heavy atom. The van der Waals surface area contributed by atoms with Gasteiger partial charge in [0.2, 0.25) is 0 Å². The third-order valence-electron chi connectivity index (χ3n) is 3.84. The standard InChI is InChI=1S/C16H22ClNO3/c17-14-3-5-15(6-4-14)21-11-1-9-18-10-8-13(12-18)2-7-16(19)20/h3-6,13H,1-2,7-12H2,(H,19,20). The molecule has 0 spiro atoms. The van der Waals surface area contributed by atoms with Gasteiger partial charge in [0.15, 0.2) is 0 Å². The number of carboxylic acid groups (broad SMARTS) is 1. The first-order chi connectivity index (χ1) is 10.1. The molecule has 21 heavy (non-hydrogen) atoms. The third kappa shape index (κ3) is 5.94. The molecule has 0 aromatic heterocycles. The Kier molecular flexibility index (Phi) is 6.33. The van der Waals surface area contributed by atoms with E-state index in [1.54, 1.807) is 0 Å². The predicted octanol–water partition coefficient (Wildman–Crippen LogP) is 3.30. The summed E-state index contributed by atoms with van der Waals surface area (Å²) in [5.41, 5.74) is 0. The molecule has 1 N–H and O–H groups in total. The molecule has 1 aliphatic heterocycles. The average molecular weight is 312 g/mol. The maximum Gasteiger partial charge on any atom is 0.303 e. The van der Waals surface area contributed by atoms with E-state index in [0.717, 1.165) is 44.6 Å². The van der Waals surface area contributed by atoms with Gasteiger partial charge in [-0.2, -0.15) is 0 Å². The summed E-state index contributed by atoms with van der Waals surface area (Å²) in [6.45, 7) is 3.80. The maximum atomic E-state index is 10.6. The summed E-state index contributed by atoms with van der Waals surface area (Å²) < 4.78 is 5.66. The van der Waals surface area contributed by atoms with E-state index in [0.29, 0.717) is 17.5 Å². The Labute approximate surface area is 130 Å². The molecule has 0 saturated carbocycles. The lowest BCUT2D eigenvalue weighted by Crippen LogP contribution is -2.23. The van der Waals surface area contributed by atoms with E-state index in [4.69, 9.17) is 21.4 Å². The van der Waals surface area contributed by atoms with Crippen molar-refractivity contribution in [3.05, 3.63) is 29.3 Å². The van der Waals surface area contributed by atoms with Gasteiger partial charge in [-0.1, -0.05) is 11.6 Å². The van der Waals surface area contributed by atoms with E-state index in [1.165, 1.54) is 0 Å². The second kappa shape index (κ2) is 8.25. The highest BCUT2D eigenvalue weighted by Crippen LogP contribution is 2.21. The van der Waals surface area contributed by atoms with Crippen LogP contribution in [0.1, 0.15) is 25.7 Å². The predicted molar refractivity (Wildman–Crippen MR) is 83.0 cm³/mol. The van der Waals surface area contributed by atoms with Crippen molar-refractivity contribution in [3.8, 4) is 5.75 Å². The highest BCUT2D eigenvalue weighted by Gasteiger charge is 2.22. The van der Waals surface area contributed by atoms with Crippen LogP contribution in [-0.2, 0) is 4.79 Å². The smallest absolute Gasteiger partial charge is 0.303 e. The first kappa shape index (κ1) is 16.1. The van der Waals surface area contributed by atoms with E-state index >= 15 is 0 Å². The molecule has 1 aromatic carbocycles. The van der Waals surface area contributed by atoms with Crippen molar-refractivity contribution in [2.45, 2.75) is 25.7 Å². The Morgan fingerprint density at radius 1 is 1.38 bits per heavy atom. The zero-order valence-corrected chi connectivity index (χ0v) is 12.9. The molecule has 0 amide bonds. The van der Waals surface area contributed by atoms with Crippen molar-refractivity contribution in [1.29, 1.82) is 0 Å². The molecular weight excluding hydrogens is 290 g/mol. The number of benzene rings is 1. The molecule has 116 valence electrons. The quantitative estimate of drug-likeness (QED) is 0.748. The number of nitrogens with zero attached hydrogens (tertiary/aromatic N) is 1. The molecule has 0 bridgehead atoms. The fourth-order valence-electron chi connectivity index (χ4n) is 2.69. The van der Waals surface area contributed by atoms with Gasteiger partial charge in [-0.3, -0.25) is 4.79 Å². The van der Waals surface area contributed by atoms with Crippen molar-refractivity contribution in [2.75, 3.05) is 26.2 Å². The van der Waals surface area contributed by atoms with Crippen molar-refractivity contribution in [3.63, 3.8) is 0 Å². The van der Waals surface area contributed by atoms with Gasteiger partial charge in [0, 0.05) is 24.5 Å². The second-order valence-corrected chi connectivity index (χ2v) is 5.98. The molecular formula is C16H22ClNO3. The number of carboxylic acids is 1. The molecule has 1 aromatic rings. The lowest BCUT2D eigenvalue weighted by molar-refractivity contribution is -0.137. The summed E-state index contributed by atoms with van der Waals surface area (Å²) in [5.74, 6) is 0.697. The van der Waals surface area contributed by atoms with Gasteiger partial charge >= 0.3 is 5.97 Å². The minimum Gasteiger partial charge on any atom is -0.494 e. The summed E-state index contributed by atoms with van der Waals surface area (Å²) in [4.78, 5) is 13.0. The van der Waals surface area contributed by atoms with Gasteiger partial charge in [-0.25, -0.2) is 0 Å². The number of aliphatic carboxylic acids is 1. The van der Waals surface area contributed by atoms with E-state index in [1.807, 2.05) is 24.3 Å². The van der Waals surface area contributed by atoms with Gasteiger partial charge in [0.1, 0.15) is 5.75 Å². The molecule has 5 heteroatoms. The molecule has 1 atom stereocenters. The van der Waals surface area contributed by atoms with Gasteiger partial charge in [-0.15, -0.1) is 0 Å². The van der Waals surface area contributed by atoms with Crippen molar-refractivity contribution in [2.24, 2.45) is 5.92 Å². The number of ether oxygens (including phenoxy) is 1. The van der Waals surface area contributed by atoms with E-state index < -0.39 is 5.97 Å². The van der Waals surface area contributed by atoms with Crippen LogP contribution in [0.15, 0.2) is 24.3 Å². The largest absolute Gasteiger partial charge is 0.494 e. The molecule has 2 rings (SSSR count). The molecule has 1 aliphatic rings. The van der Waals surface area contributed by atoms with E-state index in [-0.39, 0.29) is 6.42 Å². The van der Waals surface area contributed by atoms with Gasteiger partial charge < -0.3 is 14.7 Å². The lowest BCUT2D eigenvalue weighted by atomic mass is 10.0. The van der Waals surface area contributed by atoms with E-state index in [2.05, 4.69) is 4.90 Å². The number of hydrogen-bond donors (Lipinski definition) is 1. The van der Waals surface area contributed by atoms with E-state index in [9.17, 15) is 4.79 Å². The van der Waals surface area contributed by atoms with Crippen LogP contribution in [0.4, 0.5) is 0 Å². The number of likely N-dealkylation sites (tertiary alicyclic amines) is 1. The van der Waals surface area contributed by atoms with Crippen LogP contribution in [0.5, 0.6) is 5.75 Å². The third-order valence-corrected chi connectivity index (χ3v) is 4.09. The maximum absolute atomic E-state index is 10.6. The van der Waals surface area contributed by atoms with Crippen LogP contribution in [0, 0.1) is 5.92 Å². The highest BCUT2D eigenvalue weighted by atomic mass is 35.5. The minimum atomic E-state index is -0.690. The Morgan fingerprint density at radius 3 is 2.86 bits per heavy atom. The zero-order chi connectivity index (χ0) is 15.1. The topological polar surface area (TPSA) is 49.8 Å². The van der Waals surface area contributed by atoms with Gasteiger partial charge in [-0.05, 0) is 56.0 Å². The SMILES string of the molecule is O=C(O)CCC1CCN(CCCOc2ccc(Cl)cc2)C1. The summed E-state index contributed by atoms with van der Waals surface area (Å²) >= 11 is 5.82. The van der Waals surface area contributed by atoms with Crippen LogP contribution in [0.2, 0.25) is 5.02 Å². The first-order valence-corrected chi connectivity index (χ1v) is 7.84. The normalized spacial score (nSPS) is 18.8. The monoisotopic (exact) mass is 311 g/mol. The number of carbonyl (C=O) groups is 1. The minimum absolute atomic E-state index is 0.290. The fraction of sp³-hybridized carbons (Fsp3) is 0.562. The summed E-state index contributed by atoms with van der Waals surface area (Å²) in [6.07, 6.45) is 3.19. The molecule has 0 radical (unpaired) electrons. The van der Waals surface area contributed by atoms with Gasteiger partial charge in [0.25, 0.3) is 0 Å². The van der Waals surface area contributed by atoms with Crippen molar-refractivity contribution in [1.82, 2.24) is 4.90 Å². The molecule has 1 heterocycles. The Balaban J connectivity index is 1.57. The fourth-order valence-corrected chi connectivity index (χ4v) is 2.81.